The van der Waals surface area contributed by atoms with Gasteiger partial charge in [-0.25, -0.2) is 0 Å². The van der Waals surface area contributed by atoms with E-state index in [1.54, 1.807) is 13.8 Å². The molecule has 35 heavy (non-hydrogen) atoms. The molecule has 2 aromatic rings. The van der Waals surface area contributed by atoms with E-state index in [0.29, 0.717) is 12.3 Å². The maximum Gasteiger partial charge on any atom is 0.303 e. The van der Waals surface area contributed by atoms with Crippen LogP contribution in [0.4, 0.5) is 0 Å². The highest BCUT2D eigenvalue weighted by Crippen LogP contribution is 2.69. The predicted molar refractivity (Wildman–Crippen MR) is 133 cm³/mol. The Bertz CT molecular complexity index is 1240. The van der Waals surface area contributed by atoms with Crippen molar-refractivity contribution in [2.45, 2.75) is 102 Å². The summed E-state index contributed by atoms with van der Waals surface area (Å²) in [6.07, 6.45) is 4.31. The molecule has 6 nitrogen and oxygen atoms in total. The van der Waals surface area contributed by atoms with E-state index >= 15 is 0 Å². The lowest BCUT2D eigenvalue weighted by Gasteiger charge is -2.65. The van der Waals surface area contributed by atoms with Crippen LogP contribution in [-0.2, 0) is 26.1 Å². The predicted octanol–water partition coefficient (Wildman–Crippen LogP) is 4.32. The molecule has 7 atom stereocenters. The number of hydrogen-bond donors (Lipinski definition) is 3. The molecule has 0 amide bonds. The smallest absolute Gasteiger partial charge is 0.303 e. The van der Waals surface area contributed by atoms with Gasteiger partial charge in [0, 0.05) is 34.4 Å². The third-order valence-electron chi connectivity index (χ3n) is 10.2. The Hall–Kier alpha value is -2.15. The number of aromatic nitrogens is 1. The molecule has 4 aliphatic rings. The van der Waals surface area contributed by atoms with Crippen molar-refractivity contribution in [1.82, 2.24) is 4.98 Å². The van der Waals surface area contributed by atoms with Crippen molar-refractivity contribution in [3.8, 4) is 0 Å². The Balaban J connectivity index is 1.49. The second-order valence-electron chi connectivity index (χ2n) is 12.3. The molecule has 3 unspecified atom stereocenters. The van der Waals surface area contributed by atoms with Crippen molar-refractivity contribution >= 4 is 16.9 Å². The summed E-state index contributed by atoms with van der Waals surface area (Å²) in [5, 5.41) is 24.7. The maximum atomic E-state index is 12.6. The zero-order valence-electron chi connectivity index (χ0n) is 21.4. The van der Waals surface area contributed by atoms with Crippen LogP contribution in [0.2, 0.25) is 0 Å². The number of H-pyrrole nitrogens is 1. The summed E-state index contributed by atoms with van der Waals surface area (Å²) in [5.41, 5.74) is 1.70. The molecule has 1 aliphatic heterocycles. The number of fused-ring (bicyclic) bond motifs is 9. The molecular formula is C29H37NO5. The average molecular weight is 480 g/mol. The number of rotatable bonds is 2. The summed E-state index contributed by atoms with van der Waals surface area (Å²) in [6.45, 7) is 9.32. The first-order valence-electron chi connectivity index (χ1n) is 13.0. The zero-order chi connectivity index (χ0) is 25.0. The Kier molecular flexibility index (Phi) is 4.79. The minimum absolute atomic E-state index is 0.232. The monoisotopic (exact) mass is 479 g/mol. The van der Waals surface area contributed by atoms with Gasteiger partial charge in [-0.2, -0.15) is 0 Å². The van der Waals surface area contributed by atoms with Crippen molar-refractivity contribution in [2.75, 3.05) is 0 Å². The number of para-hydroxylation sites is 1. The second kappa shape index (κ2) is 7.21. The highest BCUT2D eigenvalue weighted by atomic mass is 16.6. The topological polar surface area (TPSA) is 91.8 Å². The van der Waals surface area contributed by atoms with Gasteiger partial charge in [-0.15, -0.1) is 0 Å². The van der Waals surface area contributed by atoms with E-state index in [1.165, 1.54) is 23.6 Å². The van der Waals surface area contributed by atoms with Gasteiger partial charge in [0.05, 0.1) is 17.3 Å². The van der Waals surface area contributed by atoms with Crippen molar-refractivity contribution in [3.05, 3.63) is 47.2 Å². The van der Waals surface area contributed by atoms with E-state index in [2.05, 4.69) is 43.1 Å². The molecule has 3 N–H and O–H groups in total. The maximum absolute atomic E-state index is 12.6. The first kappa shape index (κ1) is 23.3. The molecule has 188 valence electrons. The molecule has 1 aromatic carbocycles. The van der Waals surface area contributed by atoms with Crippen LogP contribution in [0.5, 0.6) is 0 Å². The van der Waals surface area contributed by atoms with Gasteiger partial charge in [-0.1, -0.05) is 32.0 Å². The van der Waals surface area contributed by atoms with Crippen LogP contribution in [0.3, 0.4) is 0 Å². The number of hydrogen-bond acceptors (Lipinski definition) is 5. The highest BCUT2D eigenvalue weighted by Gasteiger charge is 2.70. The van der Waals surface area contributed by atoms with Crippen molar-refractivity contribution in [1.29, 1.82) is 0 Å². The summed E-state index contributed by atoms with van der Waals surface area (Å²) >= 11 is 0. The minimum Gasteiger partial charge on any atom is -0.455 e. The molecule has 0 bridgehead atoms. The van der Waals surface area contributed by atoms with Crippen LogP contribution < -0.4 is 0 Å². The fourth-order valence-corrected chi connectivity index (χ4v) is 8.25. The van der Waals surface area contributed by atoms with Crippen molar-refractivity contribution in [2.24, 2.45) is 11.3 Å². The Morgan fingerprint density at radius 1 is 1.20 bits per heavy atom. The number of aliphatic hydroxyl groups is 2. The molecule has 0 saturated heterocycles. The van der Waals surface area contributed by atoms with Crippen molar-refractivity contribution < 1.29 is 24.5 Å². The number of carbonyl (C=O) groups is 1. The van der Waals surface area contributed by atoms with Crippen LogP contribution in [0.25, 0.3) is 10.9 Å². The minimum atomic E-state index is -1.19. The number of ether oxygens (including phenoxy) is 2. The number of esters is 1. The molecule has 0 spiro atoms. The molecule has 0 radical (unpaired) electrons. The molecule has 3 aliphatic carbocycles. The summed E-state index contributed by atoms with van der Waals surface area (Å²) in [5.74, 6) is 0.0246. The summed E-state index contributed by atoms with van der Waals surface area (Å²) < 4.78 is 12.1. The lowest BCUT2D eigenvalue weighted by atomic mass is 9.42. The van der Waals surface area contributed by atoms with Gasteiger partial charge in [0.2, 0.25) is 0 Å². The quantitative estimate of drug-likeness (QED) is 0.441. The van der Waals surface area contributed by atoms with E-state index in [4.69, 9.17) is 9.47 Å². The second-order valence-corrected chi connectivity index (χ2v) is 12.3. The van der Waals surface area contributed by atoms with Crippen LogP contribution in [-0.4, -0.2) is 50.7 Å². The Morgan fingerprint density at radius 3 is 2.66 bits per heavy atom. The number of benzene rings is 1. The van der Waals surface area contributed by atoms with Crippen molar-refractivity contribution in [3.63, 3.8) is 0 Å². The van der Waals surface area contributed by atoms with Gasteiger partial charge in [-0.3, -0.25) is 4.79 Å². The number of nitrogens with one attached hydrogen (secondary N) is 1. The lowest BCUT2D eigenvalue weighted by molar-refractivity contribution is -0.214. The number of carbonyl (C=O) groups excluding carboxylic acids is 1. The van der Waals surface area contributed by atoms with Gasteiger partial charge in [0.1, 0.15) is 12.2 Å². The molecule has 6 heteroatoms. The highest BCUT2D eigenvalue weighted by molar-refractivity contribution is 5.86. The first-order chi connectivity index (χ1) is 16.4. The third kappa shape index (κ3) is 2.90. The van der Waals surface area contributed by atoms with Crippen LogP contribution in [0.1, 0.15) is 71.6 Å². The molecule has 2 saturated carbocycles. The first-order valence-corrected chi connectivity index (χ1v) is 13.0. The molecule has 2 fully saturated rings. The van der Waals surface area contributed by atoms with Crippen LogP contribution in [0.15, 0.2) is 35.9 Å². The molecule has 2 heterocycles. The van der Waals surface area contributed by atoms with Gasteiger partial charge < -0.3 is 24.7 Å². The van der Waals surface area contributed by atoms with Crippen LogP contribution in [0, 0.1) is 11.3 Å². The Morgan fingerprint density at radius 2 is 1.94 bits per heavy atom. The standard InChI is InChI=1S/C29H37NO5/c1-16(31)34-23-15-20-22(35-25(23)26(2,3)32)11-12-27(4)28(5)17(10-13-29(20,27)33)14-19-18-8-6-7-9-21(18)30-24(19)28/h6-9,15,17,22-23,25,30,32-33H,10-14H2,1-5H3/t17-,22?,23?,25?,27+,28+,29+/m0/s1. The molecular weight excluding hydrogens is 442 g/mol. The molecule has 1 aromatic heterocycles. The van der Waals surface area contributed by atoms with Gasteiger partial charge in [0.25, 0.3) is 0 Å². The third-order valence-corrected chi connectivity index (χ3v) is 10.2. The van der Waals surface area contributed by atoms with E-state index in [1.807, 2.05) is 6.08 Å². The van der Waals surface area contributed by atoms with Gasteiger partial charge in [-0.05, 0) is 75.1 Å². The average Bonchev–Trinajstić information content (AvgIpc) is 3.29. The SMILES string of the molecule is CC(=O)OC1C=C2C(CC[C@@]3(C)[C@@]2(O)CC[C@H]2Cc4c([nH]c5ccccc45)[C@@]23C)OC1C(C)(C)O. The van der Waals surface area contributed by atoms with E-state index in [-0.39, 0.29) is 11.5 Å². The summed E-state index contributed by atoms with van der Waals surface area (Å²) in [6, 6.07) is 8.51. The van der Waals surface area contributed by atoms with E-state index in [9.17, 15) is 15.0 Å². The molecule has 6 rings (SSSR count). The van der Waals surface area contributed by atoms with Gasteiger partial charge >= 0.3 is 5.97 Å². The van der Waals surface area contributed by atoms with Gasteiger partial charge in [0.15, 0.2) is 0 Å². The fraction of sp³-hybridized carbons (Fsp3) is 0.621. The van der Waals surface area contributed by atoms with Crippen LogP contribution >= 0.6 is 0 Å². The fourth-order valence-electron chi connectivity index (χ4n) is 8.25. The van der Waals surface area contributed by atoms with E-state index in [0.717, 1.165) is 36.8 Å². The zero-order valence-corrected chi connectivity index (χ0v) is 21.4. The summed E-state index contributed by atoms with van der Waals surface area (Å²) in [7, 11) is 0. The van der Waals surface area contributed by atoms with E-state index < -0.39 is 34.8 Å². The largest absolute Gasteiger partial charge is 0.455 e. The summed E-state index contributed by atoms with van der Waals surface area (Å²) in [4.78, 5) is 15.7. The normalized spacial score (nSPS) is 40.4. The lowest BCUT2D eigenvalue weighted by Crippen LogP contribution is -2.68. The number of aromatic amines is 1. The Labute approximate surface area is 206 Å².